The number of nitrogens with zero attached hydrogens (tertiary/aromatic N) is 1. The molecule has 0 aromatic heterocycles. The molecule has 0 N–H and O–H groups in total. The predicted molar refractivity (Wildman–Crippen MR) is 109 cm³/mol. The summed E-state index contributed by atoms with van der Waals surface area (Å²) in [5.41, 5.74) is 8.54. The fourth-order valence-electron chi connectivity index (χ4n) is 3.42. The molecule has 0 aliphatic carbocycles. The van der Waals surface area contributed by atoms with Gasteiger partial charge in [-0.3, -0.25) is 0 Å². The van der Waals surface area contributed by atoms with Crippen LogP contribution < -0.4 is 5.73 Å². The summed E-state index contributed by atoms with van der Waals surface area (Å²) in [5.74, 6) is 0. The second-order valence-electron chi connectivity index (χ2n) is 7.54. The molecule has 0 heterocycles. The van der Waals surface area contributed by atoms with E-state index in [0.29, 0.717) is 0 Å². The summed E-state index contributed by atoms with van der Waals surface area (Å²) in [5, 5.41) is 0. The third-order valence-corrected chi connectivity index (χ3v) is 5.08. The van der Waals surface area contributed by atoms with Gasteiger partial charge in [-0.05, 0) is 12.8 Å². The van der Waals surface area contributed by atoms with Crippen LogP contribution in [-0.4, -0.2) is 0 Å². The van der Waals surface area contributed by atoms with Crippen molar-refractivity contribution < 1.29 is 0 Å². The molecule has 2 radical (unpaired) electrons. The predicted octanol–water partition coefficient (Wildman–Crippen LogP) is 8.39. The lowest BCUT2D eigenvalue weighted by atomic mass is 10.0. The first-order valence-corrected chi connectivity index (χ1v) is 11.2. The fraction of sp³-hybridized carbons (Fsp3) is 0.913. The Morgan fingerprint density at radius 2 is 0.750 bits per heavy atom. The molecule has 142 valence electrons. The van der Waals surface area contributed by atoms with E-state index in [0.717, 1.165) is 6.42 Å². The van der Waals surface area contributed by atoms with Gasteiger partial charge in [-0.25, -0.2) is 0 Å². The van der Waals surface area contributed by atoms with Crippen LogP contribution in [-0.2, 0) is 0 Å². The number of hydrogen-bond donors (Lipinski definition) is 0. The molecular formula is C23H45N. The lowest BCUT2D eigenvalue weighted by molar-refractivity contribution is 0.523. The first-order valence-electron chi connectivity index (χ1n) is 11.2. The summed E-state index contributed by atoms with van der Waals surface area (Å²) in [4.78, 5) is 0. The smallest absolute Gasteiger partial charge is 0.0455 e. The van der Waals surface area contributed by atoms with Crippen molar-refractivity contribution in [1.82, 2.24) is 5.73 Å². The molecule has 0 fully saturated rings. The summed E-state index contributed by atoms with van der Waals surface area (Å²) < 4.78 is 0. The number of hydrogen-bond acceptors (Lipinski definition) is 0. The molecule has 24 heavy (non-hydrogen) atoms. The van der Waals surface area contributed by atoms with Crippen molar-refractivity contribution >= 4 is 0 Å². The zero-order chi connectivity index (χ0) is 17.6. The van der Waals surface area contributed by atoms with Gasteiger partial charge in [0.15, 0.2) is 0 Å². The number of unbranched alkanes of at least 4 members (excludes halogenated alkanes) is 19. The highest BCUT2D eigenvalue weighted by Crippen LogP contribution is 2.14. The van der Waals surface area contributed by atoms with E-state index in [-0.39, 0.29) is 0 Å². The zero-order valence-electron chi connectivity index (χ0n) is 16.7. The van der Waals surface area contributed by atoms with E-state index >= 15 is 0 Å². The minimum Gasteiger partial charge on any atom is -0.160 e. The average Bonchev–Trinajstić information content (AvgIpc) is 2.60. The van der Waals surface area contributed by atoms with E-state index < -0.39 is 0 Å². The van der Waals surface area contributed by atoms with Gasteiger partial charge in [0, 0.05) is 6.20 Å². The highest BCUT2D eigenvalue weighted by Gasteiger charge is 1.95. The molecule has 0 aromatic rings. The standard InChI is InChI=1S/C23H45N/c1-2-3-4-5-6-7-8-9-10-11-12-13-14-15-16-17-18-19-20-21-22-23-24/h22-23H,2-21H2,1H3/b23-22+. The number of rotatable bonds is 20. The van der Waals surface area contributed by atoms with E-state index in [1.807, 2.05) is 6.08 Å². The monoisotopic (exact) mass is 335 g/mol. The molecule has 1 heteroatoms. The molecule has 0 aliphatic heterocycles. The molecule has 0 aromatic carbocycles. The summed E-state index contributed by atoms with van der Waals surface area (Å²) in [6.07, 6.45) is 31.2. The van der Waals surface area contributed by atoms with E-state index in [4.69, 9.17) is 5.73 Å². The Labute approximate surface area is 153 Å². The maximum atomic E-state index is 8.54. The highest BCUT2D eigenvalue weighted by molar-refractivity contribution is 4.74. The lowest BCUT2D eigenvalue weighted by Gasteiger charge is -2.03. The Bertz CT molecular complexity index is 234. The van der Waals surface area contributed by atoms with Crippen molar-refractivity contribution in [3.05, 3.63) is 12.3 Å². The molecular weight excluding hydrogens is 290 g/mol. The van der Waals surface area contributed by atoms with E-state index in [1.54, 1.807) is 0 Å². The van der Waals surface area contributed by atoms with Crippen LogP contribution in [0.4, 0.5) is 0 Å². The average molecular weight is 336 g/mol. The van der Waals surface area contributed by atoms with Crippen molar-refractivity contribution in [2.75, 3.05) is 0 Å². The van der Waals surface area contributed by atoms with Gasteiger partial charge in [0.25, 0.3) is 0 Å². The molecule has 0 unspecified atom stereocenters. The normalized spacial score (nSPS) is 11.5. The van der Waals surface area contributed by atoms with Gasteiger partial charge < -0.3 is 0 Å². The molecule has 0 amide bonds. The summed E-state index contributed by atoms with van der Waals surface area (Å²) >= 11 is 0. The highest BCUT2D eigenvalue weighted by atomic mass is 14.5. The van der Waals surface area contributed by atoms with Crippen molar-refractivity contribution in [3.8, 4) is 0 Å². The van der Waals surface area contributed by atoms with Crippen LogP contribution in [0.5, 0.6) is 0 Å². The van der Waals surface area contributed by atoms with Crippen molar-refractivity contribution in [3.63, 3.8) is 0 Å². The van der Waals surface area contributed by atoms with E-state index in [2.05, 4.69) is 6.92 Å². The van der Waals surface area contributed by atoms with Gasteiger partial charge in [-0.2, -0.15) is 5.73 Å². The van der Waals surface area contributed by atoms with Crippen LogP contribution in [0.25, 0.3) is 0 Å². The second kappa shape index (κ2) is 22.5. The maximum Gasteiger partial charge on any atom is 0.0455 e. The van der Waals surface area contributed by atoms with Gasteiger partial charge in [0.1, 0.15) is 0 Å². The lowest BCUT2D eigenvalue weighted by Crippen LogP contribution is -1.84. The van der Waals surface area contributed by atoms with Gasteiger partial charge in [0.2, 0.25) is 0 Å². The van der Waals surface area contributed by atoms with Crippen LogP contribution >= 0.6 is 0 Å². The molecule has 0 bridgehead atoms. The Hall–Kier alpha value is -0.460. The minimum atomic E-state index is 1.04. The number of allylic oxidation sites excluding steroid dienone is 1. The first-order chi connectivity index (χ1) is 11.9. The van der Waals surface area contributed by atoms with Gasteiger partial charge in [0.05, 0.1) is 0 Å². The Balaban J connectivity index is 2.95. The molecule has 0 aliphatic rings. The Kier molecular flexibility index (Phi) is 22.1. The molecule has 0 saturated heterocycles. The largest absolute Gasteiger partial charge is 0.160 e. The van der Waals surface area contributed by atoms with Crippen LogP contribution in [0.15, 0.2) is 12.3 Å². The quantitative estimate of drug-likeness (QED) is 0.199. The molecule has 0 rings (SSSR count). The second-order valence-corrected chi connectivity index (χ2v) is 7.54. The van der Waals surface area contributed by atoms with E-state index in [9.17, 15) is 0 Å². The summed E-state index contributed by atoms with van der Waals surface area (Å²) in [6, 6.07) is 0. The summed E-state index contributed by atoms with van der Waals surface area (Å²) in [6.45, 7) is 2.29. The van der Waals surface area contributed by atoms with Crippen molar-refractivity contribution in [2.45, 2.75) is 135 Å². The Morgan fingerprint density at radius 3 is 1.04 bits per heavy atom. The third-order valence-electron chi connectivity index (χ3n) is 5.08. The molecule has 0 atom stereocenters. The maximum absolute atomic E-state index is 8.54. The van der Waals surface area contributed by atoms with Crippen LogP contribution in [0.2, 0.25) is 0 Å². The minimum absolute atomic E-state index is 1.04. The Morgan fingerprint density at radius 1 is 0.458 bits per heavy atom. The van der Waals surface area contributed by atoms with Crippen molar-refractivity contribution in [2.24, 2.45) is 0 Å². The van der Waals surface area contributed by atoms with Gasteiger partial charge in [-0.1, -0.05) is 129 Å². The van der Waals surface area contributed by atoms with Gasteiger partial charge in [-0.15, -0.1) is 0 Å². The fourth-order valence-corrected chi connectivity index (χ4v) is 3.42. The molecule has 1 nitrogen and oxygen atoms in total. The van der Waals surface area contributed by atoms with Crippen molar-refractivity contribution in [1.29, 1.82) is 0 Å². The zero-order valence-corrected chi connectivity index (χ0v) is 16.7. The van der Waals surface area contributed by atoms with Crippen LogP contribution in [0, 0.1) is 0 Å². The van der Waals surface area contributed by atoms with E-state index in [1.165, 1.54) is 128 Å². The van der Waals surface area contributed by atoms with Gasteiger partial charge >= 0.3 is 0 Å². The topological polar surface area (TPSA) is 22.3 Å². The summed E-state index contributed by atoms with van der Waals surface area (Å²) in [7, 11) is 0. The third kappa shape index (κ3) is 21.5. The molecule has 0 saturated carbocycles. The van der Waals surface area contributed by atoms with Crippen LogP contribution in [0.3, 0.4) is 0 Å². The molecule has 0 spiro atoms. The van der Waals surface area contributed by atoms with Crippen LogP contribution in [0.1, 0.15) is 135 Å². The first kappa shape index (κ1) is 23.5. The SMILES string of the molecule is CCCCCCCCCCCCCCCCCCCCC/C=C/[N].